The molecule has 5 heteroatoms. The van der Waals surface area contributed by atoms with Crippen LogP contribution in [0.3, 0.4) is 0 Å². The molecule has 1 fully saturated rings. The second-order valence-electron chi connectivity index (χ2n) is 8.31. The molecule has 2 N–H and O–H groups in total. The van der Waals surface area contributed by atoms with Crippen molar-refractivity contribution in [1.82, 2.24) is 5.32 Å². The molecule has 4 nitrogen and oxygen atoms in total. The van der Waals surface area contributed by atoms with Gasteiger partial charge in [-0.05, 0) is 17.7 Å². The van der Waals surface area contributed by atoms with Gasteiger partial charge in [-0.3, -0.25) is 5.32 Å². The Labute approximate surface area is 165 Å². The lowest BCUT2D eigenvalue weighted by molar-refractivity contribution is -0.179. The fourth-order valence-corrected chi connectivity index (χ4v) is 4.76. The summed E-state index contributed by atoms with van der Waals surface area (Å²) in [6.45, 7) is 8.51. The standard InChI is InChI=1S/C22H25ClN2O2/c1-21(2)19(25-18(26)14-8-6-5-7-9-14)22(3,4)20(21)27-16-11-10-15(13-24)17(23)12-16/h5-12,18-20,25-26H,1-4H3. The first-order valence-electron chi connectivity index (χ1n) is 9.03. The minimum atomic E-state index is -0.736. The lowest BCUT2D eigenvalue weighted by atomic mass is 9.49. The number of hydrogen-bond acceptors (Lipinski definition) is 4. The van der Waals surface area contributed by atoms with E-state index in [0.29, 0.717) is 16.3 Å². The Bertz CT molecular complexity index is 842. The molecule has 1 unspecified atom stereocenters. The Balaban J connectivity index is 1.76. The van der Waals surface area contributed by atoms with Crippen molar-refractivity contribution in [3.05, 3.63) is 64.7 Å². The fraction of sp³-hybridized carbons (Fsp3) is 0.409. The maximum Gasteiger partial charge on any atom is 0.131 e. The van der Waals surface area contributed by atoms with Crippen molar-refractivity contribution in [2.75, 3.05) is 0 Å². The van der Waals surface area contributed by atoms with Crippen molar-refractivity contribution in [3.63, 3.8) is 0 Å². The van der Waals surface area contributed by atoms with Gasteiger partial charge < -0.3 is 9.84 Å². The van der Waals surface area contributed by atoms with Gasteiger partial charge in [0.2, 0.25) is 0 Å². The average molecular weight is 385 g/mol. The highest BCUT2D eigenvalue weighted by atomic mass is 35.5. The number of ether oxygens (including phenoxy) is 1. The van der Waals surface area contributed by atoms with E-state index in [1.54, 1.807) is 18.2 Å². The molecule has 142 valence electrons. The molecule has 1 aliphatic carbocycles. The van der Waals surface area contributed by atoms with E-state index in [2.05, 4.69) is 39.1 Å². The third-order valence-electron chi connectivity index (χ3n) is 5.59. The van der Waals surface area contributed by atoms with Crippen molar-refractivity contribution in [2.45, 2.75) is 46.1 Å². The molecule has 0 bridgehead atoms. The van der Waals surface area contributed by atoms with Gasteiger partial charge in [0.25, 0.3) is 0 Å². The number of benzene rings is 2. The van der Waals surface area contributed by atoms with Crippen LogP contribution in [0.5, 0.6) is 5.75 Å². The molecule has 0 aliphatic heterocycles. The quantitative estimate of drug-likeness (QED) is 0.735. The van der Waals surface area contributed by atoms with E-state index >= 15 is 0 Å². The average Bonchev–Trinajstić information content (AvgIpc) is 2.64. The van der Waals surface area contributed by atoms with Crippen molar-refractivity contribution >= 4 is 11.6 Å². The Kier molecular flexibility index (Phi) is 5.22. The number of rotatable bonds is 5. The predicted molar refractivity (Wildman–Crippen MR) is 106 cm³/mol. The largest absolute Gasteiger partial charge is 0.489 e. The zero-order chi connectivity index (χ0) is 19.8. The van der Waals surface area contributed by atoms with Crippen LogP contribution >= 0.6 is 11.6 Å². The highest BCUT2D eigenvalue weighted by Crippen LogP contribution is 2.56. The van der Waals surface area contributed by atoms with Crippen LogP contribution in [-0.2, 0) is 0 Å². The van der Waals surface area contributed by atoms with Gasteiger partial charge in [-0.15, -0.1) is 0 Å². The van der Waals surface area contributed by atoms with Gasteiger partial charge in [-0.2, -0.15) is 5.26 Å². The number of nitriles is 1. The third kappa shape index (κ3) is 3.55. The molecule has 2 aromatic carbocycles. The van der Waals surface area contributed by atoms with Crippen LogP contribution in [0, 0.1) is 22.2 Å². The summed E-state index contributed by atoms with van der Waals surface area (Å²) < 4.78 is 6.26. The molecular weight excluding hydrogens is 360 g/mol. The molecule has 0 spiro atoms. The molecule has 1 atom stereocenters. The van der Waals surface area contributed by atoms with Gasteiger partial charge in [0, 0.05) is 22.9 Å². The summed E-state index contributed by atoms with van der Waals surface area (Å²) in [6.07, 6.45) is -0.811. The summed E-state index contributed by atoms with van der Waals surface area (Å²) in [5.41, 5.74) is 0.855. The Morgan fingerprint density at radius 2 is 1.74 bits per heavy atom. The Morgan fingerprint density at radius 1 is 1.11 bits per heavy atom. The zero-order valence-electron chi connectivity index (χ0n) is 16.0. The van der Waals surface area contributed by atoms with Gasteiger partial charge in [0.05, 0.1) is 10.6 Å². The van der Waals surface area contributed by atoms with Crippen LogP contribution in [-0.4, -0.2) is 17.3 Å². The van der Waals surface area contributed by atoms with E-state index in [0.717, 1.165) is 5.56 Å². The first kappa shape index (κ1) is 19.7. The van der Waals surface area contributed by atoms with E-state index in [1.807, 2.05) is 30.3 Å². The molecule has 0 saturated heterocycles. The molecule has 27 heavy (non-hydrogen) atoms. The second kappa shape index (κ2) is 7.16. The lowest BCUT2D eigenvalue weighted by Gasteiger charge is -2.63. The minimum absolute atomic E-state index is 0.0547. The number of nitrogens with zero attached hydrogens (tertiary/aromatic N) is 1. The first-order chi connectivity index (χ1) is 12.7. The Hall–Kier alpha value is -2.06. The van der Waals surface area contributed by atoms with Crippen LogP contribution in [0.1, 0.15) is 45.0 Å². The second-order valence-corrected chi connectivity index (χ2v) is 8.71. The van der Waals surface area contributed by atoms with Crippen molar-refractivity contribution in [3.8, 4) is 11.8 Å². The van der Waals surface area contributed by atoms with Crippen LogP contribution < -0.4 is 10.1 Å². The van der Waals surface area contributed by atoms with E-state index in [1.165, 1.54) is 0 Å². The maximum atomic E-state index is 10.6. The summed E-state index contributed by atoms with van der Waals surface area (Å²) in [7, 11) is 0. The molecular formula is C22H25ClN2O2. The van der Waals surface area contributed by atoms with Crippen molar-refractivity contribution in [1.29, 1.82) is 5.26 Å². The highest BCUT2D eigenvalue weighted by Gasteiger charge is 2.63. The summed E-state index contributed by atoms with van der Waals surface area (Å²) >= 11 is 6.13. The van der Waals surface area contributed by atoms with Crippen LogP contribution in [0.25, 0.3) is 0 Å². The van der Waals surface area contributed by atoms with Gasteiger partial charge in [0.15, 0.2) is 0 Å². The SMILES string of the molecule is CC1(C)C(NC(O)c2ccccc2)C(C)(C)C1Oc1ccc(C#N)c(Cl)c1. The zero-order valence-corrected chi connectivity index (χ0v) is 16.8. The highest BCUT2D eigenvalue weighted by molar-refractivity contribution is 6.31. The smallest absolute Gasteiger partial charge is 0.131 e. The number of aliphatic hydroxyl groups excluding tert-OH is 1. The van der Waals surface area contributed by atoms with Crippen LogP contribution in [0.4, 0.5) is 0 Å². The lowest BCUT2D eigenvalue weighted by Crippen LogP contribution is -2.74. The number of nitrogens with one attached hydrogen (secondary N) is 1. The first-order valence-corrected chi connectivity index (χ1v) is 9.41. The molecule has 2 aromatic rings. The van der Waals surface area contributed by atoms with Gasteiger partial charge in [-0.1, -0.05) is 69.6 Å². The number of hydrogen-bond donors (Lipinski definition) is 2. The van der Waals surface area contributed by atoms with Crippen molar-refractivity contribution in [2.24, 2.45) is 10.8 Å². The van der Waals surface area contributed by atoms with Gasteiger partial charge >= 0.3 is 0 Å². The summed E-state index contributed by atoms with van der Waals surface area (Å²) in [5.74, 6) is 0.646. The monoisotopic (exact) mass is 384 g/mol. The van der Waals surface area contributed by atoms with E-state index in [4.69, 9.17) is 21.6 Å². The van der Waals surface area contributed by atoms with Crippen molar-refractivity contribution < 1.29 is 9.84 Å². The third-order valence-corrected chi connectivity index (χ3v) is 5.91. The number of halogens is 1. The molecule has 1 saturated carbocycles. The topological polar surface area (TPSA) is 65.3 Å². The van der Waals surface area contributed by atoms with Gasteiger partial charge in [0.1, 0.15) is 24.2 Å². The van der Waals surface area contributed by atoms with E-state index in [-0.39, 0.29) is 23.0 Å². The normalized spacial score (nSPS) is 23.7. The Morgan fingerprint density at radius 3 is 2.30 bits per heavy atom. The van der Waals surface area contributed by atoms with E-state index < -0.39 is 6.23 Å². The molecule has 3 rings (SSSR count). The number of aliphatic hydroxyl groups is 1. The van der Waals surface area contributed by atoms with Crippen LogP contribution in [0.2, 0.25) is 5.02 Å². The summed E-state index contributed by atoms with van der Waals surface area (Å²) in [6, 6.07) is 16.8. The predicted octanol–water partition coefficient (Wildman–Crippen LogP) is 4.67. The fourth-order valence-electron chi connectivity index (χ4n) is 4.54. The minimum Gasteiger partial charge on any atom is -0.489 e. The summed E-state index contributed by atoms with van der Waals surface area (Å²) in [4.78, 5) is 0. The summed E-state index contributed by atoms with van der Waals surface area (Å²) in [5, 5.41) is 23.4. The van der Waals surface area contributed by atoms with Gasteiger partial charge in [-0.25, -0.2) is 0 Å². The molecule has 0 amide bonds. The van der Waals surface area contributed by atoms with Crippen LogP contribution in [0.15, 0.2) is 48.5 Å². The molecule has 0 aromatic heterocycles. The van der Waals surface area contributed by atoms with E-state index in [9.17, 15) is 5.11 Å². The molecule has 1 aliphatic rings. The maximum absolute atomic E-state index is 10.6. The molecule has 0 heterocycles. The molecule has 0 radical (unpaired) electrons.